The summed E-state index contributed by atoms with van der Waals surface area (Å²) in [5.41, 5.74) is 6.68. The number of H-pyrrole nitrogens is 1. The van der Waals surface area contributed by atoms with Gasteiger partial charge in [0.1, 0.15) is 23.4 Å². The van der Waals surface area contributed by atoms with Crippen molar-refractivity contribution in [2.24, 2.45) is 0 Å². The fourth-order valence-corrected chi connectivity index (χ4v) is 4.02. The average Bonchev–Trinajstić information content (AvgIpc) is 3.00. The minimum atomic E-state index is -1.23. The fourth-order valence-electron chi connectivity index (χ4n) is 2.82. The van der Waals surface area contributed by atoms with Crippen molar-refractivity contribution in [2.75, 3.05) is 25.2 Å². The van der Waals surface area contributed by atoms with Gasteiger partial charge in [0.05, 0.1) is 12.4 Å². The van der Waals surface area contributed by atoms with Gasteiger partial charge >= 0.3 is 0 Å². The smallest absolute Gasteiger partial charge is 0.200 e. The van der Waals surface area contributed by atoms with Crippen LogP contribution < -0.4 is 5.73 Å². The van der Waals surface area contributed by atoms with Crippen molar-refractivity contribution >= 4 is 42.5 Å². The summed E-state index contributed by atoms with van der Waals surface area (Å²) in [6.07, 6.45) is 3.91. The van der Waals surface area contributed by atoms with Crippen molar-refractivity contribution in [3.05, 3.63) is 11.0 Å². The van der Waals surface area contributed by atoms with E-state index in [4.69, 9.17) is 22.7 Å². The number of nitrogen functional groups attached to an aromatic ring is 1. The van der Waals surface area contributed by atoms with E-state index in [1.54, 1.807) is 4.57 Å². The number of hydrogen-bond acceptors (Lipinski definition) is 7. The number of nitrogens with zero attached hydrogens (tertiary/aromatic N) is 3. The number of aromatic nitrogens is 4. The second kappa shape index (κ2) is 6.24. The van der Waals surface area contributed by atoms with Crippen LogP contribution in [-0.2, 0) is 4.74 Å². The molecule has 0 radical (unpaired) electrons. The molecule has 10 heteroatoms. The molecule has 4 atom stereocenters. The van der Waals surface area contributed by atoms with E-state index in [-0.39, 0.29) is 10.6 Å². The van der Waals surface area contributed by atoms with E-state index >= 15 is 0 Å². The quantitative estimate of drug-likeness (QED) is 0.463. The molecular formula is C14H22N5O3PS. The predicted octanol–water partition coefficient (Wildman–Crippen LogP) is 0.790. The molecule has 1 aliphatic rings. The highest BCUT2D eigenvalue weighted by Crippen LogP contribution is 2.39. The Morgan fingerprint density at radius 2 is 2.17 bits per heavy atom. The molecule has 0 bridgehead atoms. The first kappa shape index (κ1) is 17.6. The summed E-state index contributed by atoms with van der Waals surface area (Å²) in [7, 11) is 0. The molecule has 0 saturated carbocycles. The summed E-state index contributed by atoms with van der Waals surface area (Å²) < 4.78 is 7.78. The summed E-state index contributed by atoms with van der Waals surface area (Å²) in [6.45, 7) is 3.02. The number of nitrogens with two attached hydrogens (primary N) is 1. The average molecular weight is 371 g/mol. The number of nitrogens with one attached hydrogen (secondary N) is 1. The van der Waals surface area contributed by atoms with Crippen molar-refractivity contribution in [3.8, 4) is 0 Å². The molecule has 0 aromatic carbocycles. The van der Waals surface area contributed by atoms with Crippen LogP contribution in [0.2, 0.25) is 0 Å². The first-order valence-electron chi connectivity index (χ1n) is 7.58. The van der Waals surface area contributed by atoms with Crippen molar-refractivity contribution < 1.29 is 14.9 Å². The molecule has 3 heterocycles. The Bertz CT molecular complexity index is 860. The number of aromatic amines is 1. The first-order chi connectivity index (χ1) is 11.2. The number of ether oxygens (including phenoxy) is 1. The van der Waals surface area contributed by atoms with Crippen molar-refractivity contribution in [1.29, 1.82) is 0 Å². The molecule has 0 amide bonds. The molecule has 1 aliphatic heterocycles. The molecule has 8 nitrogen and oxygen atoms in total. The third-order valence-electron chi connectivity index (χ3n) is 4.10. The normalized spacial score (nSPS) is 27.8. The fraction of sp³-hybridized carbons (Fsp3) is 0.571. The van der Waals surface area contributed by atoms with Gasteiger partial charge in [-0.05, 0) is 25.9 Å². The number of rotatable bonds is 4. The van der Waals surface area contributed by atoms with Crippen LogP contribution in [0.5, 0.6) is 0 Å². The maximum atomic E-state index is 10.4. The van der Waals surface area contributed by atoms with E-state index in [1.807, 2.05) is 0 Å². The van der Waals surface area contributed by atoms with Crippen molar-refractivity contribution in [1.82, 2.24) is 19.5 Å². The topological polar surface area (TPSA) is 122 Å². The summed E-state index contributed by atoms with van der Waals surface area (Å²) >= 11 is 5.14. The van der Waals surface area contributed by atoms with E-state index in [2.05, 4.69) is 34.6 Å². The number of aliphatic hydroxyl groups excluding tert-OH is 2. The van der Waals surface area contributed by atoms with Crippen LogP contribution in [0.15, 0.2) is 6.33 Å². The second-order valence-electron chi connectivity index (χ2n) is 6.77. The lowest BCUT2D eigenvalue weighted by atomic mass is 10.1. The van der Waals surface area contributed by atoms with Gasteiger partial charge in [-0.1, -0.05) is 12.2 Å². The van der Waals surface area contributed by atoms with Crippen LogP contribution >= 0.6 is 19.1 Å². The number of hydrogen-bond donors (Lipinski definition) is 4. The van der Waals surface area contributed by atoms with Gasteiger partial charge in [-0.25, -0.2) is 9.97 Å². The molecule has 1 unspecified atom stereocenters. The molecule has 2 aromatic rings. The van der Waals surface area contributed by atoms with Gasteiger partial charge in [0.25, 0.3) is 0 Å². The summed E-state index contributed by atoms with van der Waals surface area (Å²) in [5.74, 6) is 0.155. The van der Waals surface area contributed by atoms with E-state index in [0.717, 1.165) is 6.16 Å². The van der Waals surface area contributed by atoms with Gasteiger partial charge in [0.15, 0.2) is 16.8 Å². The second-order valence-corrected chi connectivity index (χ2v) is 11.5. The largest absolute Gasteiger partial charge is 0.388 e. The van der Waals surface area contributed by atoms with Gasteiger partial charge in [-0.15, -0.1) is 13.2 Å². The van der Waals surface area contributed by atoms with Gasteiger partial charge in [0.2, 0.25) is 0 Å². The van der Waals surface area contributed by atoms with E-state index in [9.17, 15) is 10.2 Å². The highest BCUT2D eigenvalue weighted by atomic mass is 32.1. The zero-order chi connectivity index (χ0) is 17.6. The Kier molecular flexibility index (Phi) is 4.57. The molecule has 3 rings (SSSR count). The molecular weight excluding hydrogens is 349 g/mol. The standard InChI is InChI=1S/C14H22N5O3PS/c1-23(2,3)5-4-7-9(20)10(21)13(22-7)19-6-16-8-11(19)17-14(15)18-12(8)24/h6-7,9-10,13,20-21H,1,4-5H2,2-3H3,(H3,15,17,18,24)/t7-,9-,10-,13?/m1/s1. The molecule has 132 valence electrons. The highest BCUT2D eigenvalue weighted by molar-refractivity contribution is 7.72. The number of aliphatic hydroxyl groups is 2. The highest BCUT2D eigenvalue weighted by Gasteiger charge is 2.44. The van der Waals surface area contributed by atoms with Crippen LogP contribution in [0.25, 0.3) is 11.2 Å². The Morgan fingerprint density at radius 1 is 1.46 bits per heavy atom. The number of imidazole rings is 1. The lowest BCUT2D eigenvalue weighted by molar-refractivity contribution is -0.0353. The van der Waals surface area contributed by atoms with Gasteiger partial charge in [-0.2, -0.15) is 0 Å². The maximum absolute atomic E-state index is 10.4. The van der Waals surface area contributed by atoms with Crippen molar-refractivity contribution in [2.45, 2.75) is 31.0 Å². The van der Waals surface area contributed by atoms with Crippen LogP contribution in [0.4, 0.5) is 5.95 Å². The minimum Gasteiger partial charge on any atom is -0.388 e. The first-order valence-corrected chi connectivity index (χ1v) is 11.0. The van der Waals surface area contributed by atoms with Gasteiger partial charge in [0, 0.05) is 0 Å². The molecule has 1 saturated heterocycles. The molecule has 24 heavy (non-hydrogen) atoms. The zero-order valence-corrected chi connectivity index (χ0v) is 15.3. The minimum absolute atomic E-state index is 0.155. The van der Waals surface area contributed by atoms with Crippen LogP contribution in [0, 0.1) is 4.64 Å². The van der Waals surface area contributed by atoms with E-state index < -0.39 is 31.4 Å². The van der Waals surface area contributed by atoms with Crippen LogP contribution in [0.1, 0.15) is 12.6 Å². The molecule has 5 N–H and O–H groups in total. The lowest BCUT2D eigenvalue weighted by Gasteiger charge is -2.18. The Morgan fingerprint density at radius 3 is 2.83 bits per heavy atom. The Balaban J connectivity index is 1.90. The number of anilines is 1. The van der Waals surface area contributed by atoms with Gasteiger partial charge < -0.3 is 25.7 Å². The summed E-state index contributed by atoms with van der Waals surface area (Å²) in [4.78, 5) is 11.0. The SMILES string of the molecule is C=P(C)(C)CC[C@H]1OC(n2cnc3c(=S)nc(N)[nH]c32)[C@H](O)[C@@H]1O. The van der Waals surface area contributed by atoms with E-state index in [1.165, 1.54) is 6.33 Å². The molecule has 2 aromatic heterocycles. The third-order valence-corrected chi connectivity index (χ3v) is 5.85. The predicted molar refractivity (Wildman–Crippen MR) is 98.4 cm³/mol. The van der Waals surface area contributed by atoms with Gasteiger partial charge in [-0.3, -0.25) is 4.57 Å². The summed E-state index contributed by atoms with van der Waals surface area (Å²) in [5, 5.41) is 20.7. The van der Waals surface area contributed by atoms with E-state index in [0.29, 0.717) is 17.6 Å². The third kappa shape index (κ3) is 3.27. The monoisotopic (exact) mass is 371 g/mol. The molecule has 1 fully saturated rings. The Labute approximate surface area is 144 Å². The van der Waals surface area contributed by atoms with Crippen molar-refractivity contribution in [3.63, 3.8) is 0 Å². The Hall–Kier alpha value is -1.25. The number of fused-ring (bicyclic) bond motifs is 1. The summed E-state index contributed by atoms with van der Waals surface area (Å²) in [6, 6.07) is 0. The molecule has 0 spiro atoms. The van der Waals surface area contributed by atoms with Crippen LogP contribution in [0.3, 0.4) is 0 Å². The van der Waals surface area contributed by atoms with Crippen LogP contribution in [-0.4, -0.2) is 73.8 Å². The maximum Gasteiger partial charge on any atom is 0.200 e. The lowest BCUT2D eigenvalue weighted by Crippen LogP contribution is -2.31. The molecule has 0 aliphatic carbocycles. The zero-order valence-electron chi connectivity index (χ0n) is 13.6.